The number of carbonyl (C=O) groups excluding carboxylic acids is 1. The molecule has 0 bridgehead atoms. The van der Waals surface area contributed by atoms with Crippen molar-refractivity contribution < 1.29 is 9.53 Å². The summed E-state index contributed by atoms with van der Waals surface area (Å²) in [6.45, 7) is 3.81. The number of halogens is 1. The van der Waals surface area contributed by atoms with Gasteiger partial charge in [-0.2, -0.15) is 15.5 Å². The molecule has 0 saturated heterocycles. The monoisotopic (exact) mass is 410 g/mol. The normalized spacial score (nSPS) is 13.8. The number of hydrogen-bond donors (Lipinski definition) is 1. The average molecular weight is 411 g/mol. The summed E-state index contributed by atoms with van der Waals surface area (Å²) in [5, 5.41) is 21.2. The molecule has 1 atom stereocenters. The number of aromatic nitrogens is 4. The van der Waals surface area contributed by atoms with Crippen LogP contribution in [0.2, 0.25) is 5.02 Å². The summed E-state index contributed by atoms with van der Waals surface area (Å²) in [6.07, 6.45) is 2.73. The smallest absolute Gasteiger partial charge is 0.272 e. The molecule has 0 fully saturated rings. The highest BCUT2D eigenvalue weighted by atomic mass is 35.5. The second-order valence-electron chi connectivity index (χ2n) is 6.90. The Morgan fingerprint density at radius 2 is 2.24 bits per heavy atom. The zero-order valence-corrected chi connectivity index (χ0v) is 16.6. The fraction of sp³-hybridized carbons (Fsp3) is 0.300. The third-order valence-corrected chi connectivity index (χ3v) is 4.92. The van der Waals surface area contributed by atoms with Crippen LogP contribution in [0.25, 0.3) is 11.3 Å². The van der Waals surface area contributed by atoms with E-state index in [1.54, 1.807) is 27.6 Å². The van der Waals surface area contributed by atoms with Gasteiger partial charge in [-0.3, -0.25) is 9.48 Å². The van der Waals surface area contributed by atoms with Gasteiger partial charge in [0, 0.05) is 36.8 Å². The third kappa shape index (κ3) is 4.10. The highest BCUT2D eigenvalue weighted by Gasteiger charge is 2.19. The molecule has 1 aromatic carbocycles. The van der Waals surface area contributed by atoms with Crippen LogP contribution in [-0.2, 0) is 13.1 Å². The minimum absolute atomic E-state index is 0.153. The van der Waals surface area contributed by atoms with Crippen molar-refractivity contribution in [3.63, 3.8) is 0 Å². The molecule has 1 aliphatic rings. The van der Waals surface area contributed by atoms with Gasteiger partial charge in [-0.25, -0.2) is 4.68 Å². The minimum Gasteiger partial charge on any atom is -0.478 e. The molecule has 0 saturated carbocycles. The van der Waals surface area contributed by atoms with Crippen molar-refractivity contribution in [2.75, 3.05) is 6.61 Å². The van der Waals surface area contributed by atoms with Crippen molar-refractivity contribution in [3.05, 3.63) is 52.8 Å². The standard InChI is InChI=1S/C20H19ClN6O2/c1-13(23-20(28)18-10-19-27(25-18)6-2-8-29-19)12-26-7-5-17(24-26)14-3-4-15(11-22)16(21)9-14/h3-5,7,9-10,13H,2,6,8,12H2,1H3,(H,23,28). The number of fused-ring (bicyclic) bond motifs is 1. The Kier molecular flexibility index (Phi) is 5.23. The van der Waals surface area contributed by atoms with Gasteiger partial charge in [-0.05, 0) is 25.1 Å². The predicted molar refractivity (Wildman–Crippen MR) is 107 cm³/mol. The second kappa shape index (κ2) is 7.97. The molecule has 0 aliphatic carbocycles. The first-order valence-electron chi connectivity index (χ1n) is 9.28. The molecule has 4 rings (SSSR count). The number of benzene rings is 1. The molecular formula is C20H19ClN6O2. The molecule has 1 N–H and O–H groups in total. The quantitative estimate of drug-likeness (QED) is 0.697. The first-order chi connectivity index (χ1) is 14.0. The van der Waals surface area contributed by atoms with E-state index in [2.05, 4.69) is 15.5 Å². The molecule has 1 aliphatic heterocycles. The number of aryl methyl sites for hydroxylation is 1. The molecule has 3 aromatic rings. The van der Waals surface area contributed by atoms with Gasteiger partial charge in [0.2, 0.25) is 5.88 Å². The van der Waals surface area contributed by atoms with Gasteiger partial charge in [-0.15, -0.1) is 0 Å². The third-order valence-electron chi connectivity index (χ3n) is 4.60. The summed E-state index contributed by atoms with van der Waals surface area (Å²) in [6, 6.07) is 10.6. The molecule has 2 aromatic heterocycles. The lowest BCUT2D eigenvalue weighted by Gasteiger charge is -2.13. The second-order valence-corrected chi connectivity index (χ2v) is 7.30. The van der Waals surface area contributed by atoms with Crippen LogP contribution in [-0.4, -0.2) is 38.1 Å². The number of nitriles is 1. The van der Waals surface area contributed by atoms with Crippen molar-refractivity contribution in [1.82, 2.24) is 24.9 Å². The van der Waals surface area contributed by atoms with Crippen molar-refractivity contribution in [2.24, 2.45) is 0 Å². The van der Waals surface area contributed by atoms with Gasteiger partial charge < -0.3 is 10.1 Å². The Balaban J connectivity index is 1.39. The van der Waals surface area contributed by atoms with E-state index in [4.69, 9.17) is 21.6 Å². The first kappa shape index (κ1) is 19.0. The fourth-order valence-electron chi connectivity index (χ4n) is 3.18. The number of amides is 1. The van der Waals surface area contributed by atoms with Crippen LogP contribution in [0.1, 0.15) is 29.4 Å². The topological polar surface area (TPSA) is 97.8 Å². The molecule has 8 nitrogen and oxygen atoms in total. The van der Waals surface area contributed by atoms with E-state index < -0.39 is 0 Å². The van der Waals surface area contributed by atoms with Crippen LogP contribution < -0.4 is 10.1 Å². The van der Waals surface area contributed by atoms with Gasteiger partial charge >= 0.3 is 0 Å². The summed E-state index contributed by atoms with van der Waals surface area (Å²) in [4.78, 5) is 12.5. The Bertz CT molecular complexity index is 1070. The minimum atomic E-state index is -0.241. The van der Waals surface area contributed by atoms with Crippen LogP contribution in [0.3, 0.4) is 0 Å². The maximum Gasteiger partial charge on any atom is 0.272 e. The highest BCUT2D eigenvalue weighted by molar-refractivity contribution is 6.32. The van der Waals surface area contributed by atoms with Crippen LogP contribution in [0.4, 0.5) is 0 Å². The van der Waals surface area contributed by atoms with E-state index in [0.29, 0.717) is 35.3 Å². The summed E-state index contributed by atoms with van der Waals surface area (Å²) in [5.41, 5.74) is 2.35. The zero-order chi connectivity index (χ0) is 20.4. The summed E-state index contributed by atoms with van der Waals surface area (Å²) in [5.74, 6) is 0.390. The van der Waals surface area contributed by atoms with E-state index in [0.717, 1.165) is 24.2 Å². The maximum atomic E-state index is 12.5. The molecular weight excluding hydrogens is 392 g/mol. The van der Waals surface area contributed by atoms with Crippen LogP contribution in [0, 0.1) is 11.3 Å². The number of nitrogens with zero attached hydrogens (tertiary/aromatic N) is 5. The number of nitrogens with one attached hydrogen (secondary N) is 1. The molecule has 9 heteroatoms. The average Bonchev–Trinajstić information content (AvgIpc) is 3.34. The fourth-order valence-corrected chi connectivity index (χ4v) is 3.41. The van der Waals surface area contributed by atoms with E-state index in [1.807, 2.05) is 31.3 Å². The Morgan fingerprint density at radius 1 is 1.38 bits per heavy atom. The Morgan fingerprint density at radius 3 is 3.00 bits per heavy atom. The van der Waals surface area contributed by atoms with Gasteiger partial charge in [0.15, 0.2) is 5.69 Å². The Labute approximate surface area is 172 Å². The maximum absolute atomic E-state index is 12.5. The zero-order valence-electron chi connectivity index (χ0n) is 15.8. The number of ether oxygens (including phenoxy) is 1. The first-order valence-corrected chi connectivity index (χ1v) is 9.66. The number of rotatable bonds is 5. The number of hydrogen-bond acceptors (Lipinski definition) is 5. The molecule has 0 radical (unpaired) electrons. The summed E-state index contributed by atoms with van der Waals surface area (Å²) in [7, 11) is 0. The molecule has 0 spiro atoms. The van der Waals surface area contributed by atoms with E-state index in [-0.39, 0.29) is 11.9 Å². The molecule has 29 heavy (non-hydrogen) atoms. The SMILES string of the molecule is CC(Cn1ccc(-c2ccc(C#N)c(Cl)c2)n1)NC(=O)c1cc2n(n1)CCCO2. The largest absolute Gasteiger partial charge is 0.478 e. The molecule has 1 amide bonds. The van der Waals surface area contributed by atoms with E-state index in [1.165, 1.54) is 0 Å². The van der Waals surface area contributed by atoms with E-state index >= 15 is 0 Å². The van der Waals surface area contributed by atoms with Gasteiger partial charge in [0.05, 0.1) is 29.4 Å². The lowest BCUT2D eigenvalue weighted by Crippen LogP contribution is -2.36. The molecule has 148 valence electrons. The van der Waals surface area contributed by atoms with E-state index in [9.17, 15) is 4.79 Å². The lowest BCUT2D eigenvalue weighted by molar-refractivity contribution is 0.0930. The van der Waals surface area contributed by atoms with Crippen molar-refractivity contribution in [1.29, 1.82) is 5.26 Å². The van der Waals surface area contributed by atoms with Crippen molar-refractivity contribution in [2.45, 2.75) is 32.5 Å². The van der Waals surface area contributed by atoms with Crippen LogP contribution in [0.15, 0.2) is 36.5 Å². The molecule has 1 unspecified atom stereocenters. The van der Waals surface area contributed by atoms with Crippen molar-refractivity contribution >= 4 is 17.5 Å². The van der Waals surface area contributed by atoms with Gasteiger partial charge in [-0.1, -0.05) is 17.7 Å². The summed E-state index contributed by atoms with van der Waals surface area (Å²) < 4.78 is 8.97. The highest BCUT2D eigenvalue weighted by Crippen LogP contribution is 2.24. The lowest BCUT2D eigenvalue weighted by atomic mass is 10.1. The van der Waals surface area contributed by atoms with Gasteiger partial charge in [0.25, 0.3) is 5.91 Å². The van der Waals surface area contributed by atoms with Gasteiger partial charge in [0.1, 0.15) is 6.07 Å². The Hall–Kier alpha value is -3.31. The predicted octanol–water partition coefficient (Wildman–Crippen LogP) is 2.87. The van der Waals surface area contributed by atoms with Crippen molar-refractivity contribution in [3.8, 4) is 23.2 Å². The summed E-state index contributed by atoms with van der Waals surface area (Å²) >= 11 is 6.10. The van der Waals surface area contributed by atoms with Crippen LogP contribution >= 0.6 is 11.6 Å². The van der Waals surface area contributed by atoms with Crippen LogP contribution in [0.5, 0.6) is 5.88 Å². The number of carbonyl (C=O) groups is 1. The molecule has 3 heterocycles.